The van der Waals surface area contributed by atoms with Gasteiger partial charge in [-0.05, 0) is 0 Å². The van der Waals surface area contributed by atoms with E-state index in [1.54, 1.807) is 0 Å². The molecule has 0 aliphatic rings. The summed E-state index contributed by atoms with van der Waals surface area (Å²) >= 11 is 0. The van der Waals surface area contributed by atoms with Crippen LogP contribution in [-0.2, 0) is 0 Å². The zero-order valence-corrected chi connectivity index (χ0v) is 2.62. The van der Waals surface area contributed by atoms with Gasteiger partial charge < -0.3 is 14.0 Å². The van der Waals surface area contributed by atoms with E-state index in [9.17, 15) is 0 Å². The van der Waals surface area contributed by atoms with Crippen molar-refractivity contribution in [1.29, 1.82) is 0 Å². The standard InChI is InChI=1S/3Be.H2O.6H/h;;;1H2;;;;;;/q3*+2;;6*-1. The Morgan fingerprint density at radius 3 is 0.750 bits per heavy atom. The second-order valence-electron chi connectivity index (χ2n) is 0. The molecule has 1 nitrogen and oxygen atoms in total. The topological polar surface area (TPSA) is 31.5 Å². The Kier molecular flexibility index (Phi) is 5980. The normalized spacial score (nSPS) is 0. The van der Waals surface area contributed by atoms with Gasteiger partial charge in [0.15, 0.2) is 0 Å². The zero-order valence-electron chi connectivity index (χ0n) is 8.62. The van der Waals surface area contributed by atoms with Gasteiger partial charge in [-0.2, -0.15) is 0 Å². The fourth-order valence-electron chi connectivity index (χ4n) is 0. The molecule has 0 spiro atoms. The fourth-order valence-corrected chi connectivity index (χ4v) is 0. The Labute approximate surface area is 45.7 Å². The molecule has 0 aromatic carbocycles. The van der Waals surface area contributed by atoms with Gasteiger partial charge in [0, 0.05) is 0 Å². The summed E-state index contributed by atoms with van der Waals surface area (Å²) in [6.07, 6.45) is 0. The summed E-state index contributed by atoms with van der Waals surface area (Å²) in [4.78, 5) is 0. The smallest absolute Gasteiger partial charge is 1.00 e. The number of rotatable bonds is 0. The van der Waals surface area contributed by atoms with Crippen molar-refractivity contribution >= 4 is 30.4 Å². The molecule has 0 unspecified atom stereocenters. The summed E-state index contributed by atoms with van der Waals surface area (Å²) < 4.78 is 0. The van der Waals surface area contributed by atoms with Crippen molar-refractivity contribution in [2.75, 3.05) is 0 Å². The van der Waals surface area contributed by atoms with Crippen LogP contribution in [0.15, 0.2) is 0 Å². The van der Waals surface area contributed by atoms with Crippen molar-refractivity contribution in [3.05, 3.63) is 0 Å². The van der Waals surface area contributed by atoms with Gasteiger partial charge in [0.2, 0.25) is 0 Å². The largest absolute Gasteiger partial charge is 2.00 e. The summed E-state index contributed by atoms with van der Waals surface area (Å²) in [6.45, 7) is 0. The Hall–Kier alpha value is 0.466. The Bertz CT molecular complexity index is 13.0. The average molecular weight is 51.1 g/mol. The van der Waals surface area contributed by atoms with Crippen molar-refractivity contribution in [2.45, 2.75) is 0 Å². The molecule has 0 aliphatic heterocycles. The van der Waals surface area contributed by atoms with E-state index in [0.29, 0.717) is 0 Å². The summed E-state index contributed by atoms with van der Waals surface area (Å²) in [5.74, 6) is 0. The van der Waals surface area contributed by atoms with Crippen LogP contribution in [0.1, 0.15) is 8.56 Å². The van der Waals surface area contributed by atoms with Crippen molar-refractivity contribution in [1.82, 2.24) is 0 Å². The minimum atomic E-state index is 0. The van der Waals surface area contributed by atoms with Crippen LogP contribution in [-0.4, -0.2) is 35.8 Å². The molecule has 0 saturated carbocycles. The van der Waals surface area contributed by atoms with E-state index < -0.39 is 0 Å². The first-order valence-electron chi connectivity index (χ1n) is 0. The molecule has 0 saturated heterocycles. The van der Waals surface area contributed by atoms with Crippen LogP contribution in [0.25, 0.3) is 0 Å². The van der Waals surface area contributed by atoms with Gasteiger partial charge in [-0.3, -0.25) is 0 Å². The Morgan fingerprint density at radius 1 is 0.750 bits per heavy atom. The summed E-state index contributed by atoms with van der Waals surface area (Å²) in [6, 6.07) is 0. The van der Waals surface area contributed by atoms with E-state index in [-0.39, 0.29) is 44.4 Å². The average Bonchev–Trinajstić information content (AvgIpc) is 0. The van der Waals surface area contributed by atoms with Crippen LogP contribution < -0.4 is 0 Å². The van der Waals surface area contributed by atoms with Crippen molar-refractivity contribution in [3.8, 4) is 0 Å². The Morgan fingerprint density at radius 2 is 0.750 bits per heavy atom. The summed E-state index contributed by atoms with van der Waals surface area (Å²) in [7, 11) is 0. The Balaban J connectivity index is 0. The molecule has 0 radical (unpaired) electrons. The molecule has 2 N–H and O–H groups in total. The monoisotopic (exact) mass is 51.1 g/mol. The third-order valence-corrected chi connectivity index (χ3v) is 0. The van der Waals surface area contributed by atoms with E-state index >= 15 is 0 Å². The van der Waals surface area contributed by atoms with Crippen molar-refractivity contribution in [2.24, 2.45) is 0 Å². The van der Waals surface area contributed by atoms with Crippen LogP contribution in [0.5, 0.6) is 0 Å². The molecule has 0 heterocycles. The number of hydrogen-bond donors (Lipinski definition) is 0. The molecule has 0 aliphatic carbocycles. The molecule has 0 rings (SSSR count). The SMILES string of the molecule is O.[Be+2].[Be+2].[Be+2].[H-].[H-].[H-].[H-].[H-].[H-]. The predicted molar refractivity (Wildman–Crippen MR) is 27.5 cm³/mol. The van der Waals surface area contributed by atoms with E-state index in [4.69, 9.17) is 0 Å². The van der Waals surface area contributed by atoms with Gasteiger partial charge in [0.05, 0.1) is 0 Å². The molecular formula is H8Be3O. The maximum Gasteiger partial charge on any atom is 2.00 e. The fraction of sp³-hybridized carbons (Fsp3) is 0. The van der Waals surface area contributed by atoms with E-state index in [1.165, 1.54) is 0 Å². The first-order valence-corrected chi connectivity index (χ1v) is 0. The summed E-state index contributed by atoms with van der Waals surface area (Å²) in [5.41, 5.74) is 0. The molecule has 0 bridgehead atoms. The van der Waals surface area contributed by atoms with Gasteiger partial charge in [-0.15, -0.1) is 0 Å². The van der Waals surface area contributed by atoms with Gasteiger partial charge in [0.25, 0.3) is 0 Å². The molecule has 4 heavy (non-hydrogen) atoms. The molecule has 4 heteroatoms. The molecule has 0 amide bonds. The summed E-state index contributed by atoms with van der Waals surface area (Å²) in [5, 5.41) is 0. The molecule has 0 aromatic rings. The molecule has 0 atom stereocenters. The maximum absolute atomic E-state index is 0. The van der Waals surface area contributed by atoms with E-state index in [1.807, 2.05) is 0 Å². The predicted octanol–water partition coefficient (Wildman–Crippen LogP) is -1.29. The van der Waals surface area contributed by atoms with Gasteiger partial charge in [0.1, 0.15) is 0 Å². The van der Waals surface area contributed by atoms with Crippen molar-refractivity contribution in [3.63, 3.8) is 0 Å². The molecular weight excluding hydrogens is 43.0 g/mol. The minimum Gasteiger partial charge on any atom is -1.00 e. The first kappa shape index (κ1) is 247. The molecule has 20 valence electrons. The van der Waals surface area contributed by atoms with Crippen LogP contribution in [0, 0.1) is 0 Å². The number of hydrogen-bond acceptors (Lipinski definition) is 0. The molecule has 0 fully saturated rings. The minimum absolute atomic E-state index is 0. The quantitative estimate of drug-likeness (QED) is 0.306. The van der Waals surface area contributed by atoms with Gasteiger partial charge in [-0.1, -0.05) is 0 Å². The van der Waals surface area contributed by atoms with Crippen LogP contribution in [0.3, 0.4) is 0 Å². The van der Waals surface area contributed by atoms with E-state index in [0.717, 1.165) is 0 Å². The zero-order chi connectivity index (χ0) is 0. The third-order valence-electron chi connectivity index (χ3n) is 0. The van der Waals surface area contributed by atoms with Gasteiger partial charge >= 0.3 is 30.4 Å². The first-order chi connectivity index (χ1) is 0. The van der Waals surface area contributed by atoms with Crippen molar-refractivity contribution < 1.29 is 14.0 Å². The third kappa shape index (κ3) is 24.4. The van der Waals surface area contributed by atoms with Crippen LogP contribution >= 0.6 is 0 Å². The van der Waals surface area contributed by atoms with Crippen LogP contribution in [0.2, 0.25) is 0 Å². The van der Waals surface area contributed by atoms with Gasteiger partial charge in [-0.25, -0.2) is 0 Å². The van der Waals surface area contributed by atoms with Crippen LogP contribution in [0.4, 0.5) is 0 Å². The maximum atomic E-state index is 0. The van der Waals surface area contributed by atoms with E-state index in [2.05, 4.69) is 0 Å². The molecule has 0 aromatic heterocycles. The second-order valence-corrected chi connectivity index (χ2v) is 0. The second kappa shape index (κ2) is 96.9.